The topological polar surface area (TPSA) is 164 Å². The fourth-order valence-electron chi connectivity index (χ4n) is 9.78. The summed E-state index contributed by atoms with van der Waals surface area (Å²) in [5.74, 6) is 1.46. The highest BCUT2D eigenvalue weighted by atomic mass is 16.5. The number of nitrogens with one attached hydrogen (secondary N) is 4. The number of hydrogen-bond acceptors (Lipinski definition) is 12. The minimum absolute atomic E-state index is 0.0420. The van der Waals surface area contributed by atoms with Gasteiger partial charge in [-0.05, 0) is 119 Å². The van der Waals surface area contributed by atoms with E-state index in [2.05, 4.69) is 48.3 Å². The van der Waals surface area contributed by atoms with Crippen LogP contribution in [-0.2, 0) is 14.4 Å². The van der Waals surface area contributed by atoms with Crippen molar-refractivity contribution < 1.29 is 23.9 Å². The smallest absolute Gasteiger partial charge is 0.265 e. The summed E-state index contributed by atoms with van der Waals surface area (Å²) in [7, 11) is 3.35. The molecule has 1 saturated carbocycles. The number of hydrazine groups is 1. The maximum Gasteiger partial charge on any atom is 0.265 e. The predicted molar refractivity (Wildman–Crippen MR) is 227 cm³/mol. The average Bonchev–Trinajstić information content (AvgIpc) is 3.78. The van der Waals surface area contributed by atoms with Crippen LogP contribution in [0.2, 0.25) is 0 Å². The fraction of sp³-hybridized carbons (Fsp3) is 0.545. The van der Waals surface area contributed by atoms with E-state index >= 15 is 0 Å². The zero-order chi connectivity index (χ0) is 41.2. The molecule has 1 unspecified atom stereocenters. The minimum Gasteiger partial charge on any atom is -0.495 e. The van der Waals surface area contributed by atoms with Crippen molar-refractivity contribution in [2.24, 2.45) is 5.92 Å². The van der Waals surface area contributed by atoms with E-state index in [4.69, 9.17) is 9.72 Å². The zero-order valence-electron chi connectivity index (χ0n) is 34.8. The molecule has 4 aliphatic heterocycles. The van der Waals surface area contributed by atoms with Crippen molar-refractivity contribution in [2.45, 2.75) is 102 Å². The van der Waals surface area contributed by atoms with Crippen molar-refractivity contribution in [2.75, 3.05) is 67.3 Å². The number of likely N-dealkylation sites (tertiary alicyclic amines) is 1. The normalized spacial score (nSPS) is 22.6. The number of likely N-dealkylation sites (N-methyl/N-ethyl adjacent to an activating group) is 1. The summed E-state index contributed by atoms with van der Waals surface area (Å²) >= 11 is 0. The molecule has 314 valence electrons. The molecule has 2 atom stereocenters. The number of anilines is 5. The van der Waals surface area contributed by atoms with Crippen molar-refractivity contribution >= 4 is 52.5 Å². The standard InChI is InChI=1S/C44H58N10O5/c1-27-23-31(10-11-34(27)35-12-14-39(55)48-42(35)57)45-25-29-15-19-52(20-16-29)32-17-21-53(22-18-32)50-41(56)30-9-13-36(38(24-30)59-4)47-44-46-26-37-40(49-44)54(33-7-5-6-8-33)28(2)43(58)51(37)3/h9-11,13,23-24,26,28-29,32-33,35,45H,5-8,12,14-22,25H2,1-4H3,(H,50,56)(H,46,47,49)(H,48,55,57)/t28-,35?/m1/s1. The summed E-state index contributed by atoms with van der Waals surface area (Å²) in [6, 6.07) is 12.0. The highest BCUT2D eigenvalue weighted by Crippen LogP contribution is 2.40. The summed E-state index contributed by atoms with van der Waals surface area (Å²) in [6.45, 7) is 8.62. The number of rotatable bonds is 11. The van der Waals surface area contributed by atoms with Gasteiger partial charge in [-0.25, -0.2) is 9.99 Å². The molecule has 4 amide bonds. The number of aromatic nitrogens is 2. The SMILES string of the molecule is COc1cc(C(=O)NN2CCC(N3CCC(CNc4ccc(C5CCC(=O)NC5=O)c(C)c4)CC3)CC2)ccc1Nc1ncc2c(n1)N(C1CCCC1)[C@H](C)C(=O)N2C. The molecule has 4 N–H and O–H groups in total. The molecule has 15 heteroatoms. The van der Waals surface area contributed by atoms with Crippen LogP contribution in [0.25, 0.3) is 0 Å². The Bertz CT molecular complexity index is 2060. The summed E-state index contributed by atoms with van der Waals surface area (Å²) < 4.78 is 5.72. The van der Waals surface area contributed by atoms with E-state index in [1.165, 1.54) is 0 Å². The molecule has 1 aliphatic carbocycles. The number of piperidine rings is 3. The van der Waals surface area contributed by atoms with Crippen LogP contribution in [0.1, 0.15) is 98.5 Å². The highest BCUT2D eigenvalue weighted by molar-refractivity contribution is 6.04. The summed E-state index contributed by atoms with van der Waals surface area (Å²) in [5, 5.41) is 11.4. The molecular formula is C44H58N10O5. The molecule has 3 aromatic rings. The number of aryl methyl sites for hydroxylation is 1. The molecule has 0 spiro atoms. The molecule has 2 aromatic carbocycles. The third-order valence-corrected chi connectivity index (χ3v) is 13.3. The van der Waals surface area contributed by atoms with Crippen LogP contribution in [0.3, 0.4) is 0 Å². The van der Waals surface area contributed by atoms with Crippen LogP contribution in [0.5, 0.6) is 5.75 Å². The largest absolute Gasteiger partial charge is 0.495 e. The number of ether oxygens (including phenoxy) is 1. The van der Waals surface area contributed by atoms with Gasteiger partial charge in [0.2, 0.25) is 23.7 Å². The van der Waals surface area contributed by atoms with Crippen molar-refractivity contribution in [1.29, 1.82) is 0 Å². The Balaban J connectivity index is 0.796. The lowest BCUT2D eigenvalue weighted by Crippen LogP contribution is -2.54. The van der Waals surface area contributed by atoms with E-state index in [1.807, 2.05) is 31.0 Å². The van der Waals surface area contributed by atoms with Gasteiger partial charge in [-0.2, -0.15) is 4.98 Å². The van der Waals surface area contributed by atoms with Crippen molar-refractivity contribution in [3.05, 3.63) is 59.3 Å². The van der Waals surface area contributed by atoms with Crippen LogP contribution in [0.4, 0.5) is 28.8 Å². The lowest BCUT2D eigenvalue weighted by atomic mass is 9.87. The Hall–Kier alpha value is -5.28. The van der Waals surface area contributed by atoms with Crippen LogP contribution >= 0.6 is 0 Å². The van der Waals surface area contributed by atoms with Gasteiger partial charge < -0.3 is 30.1 Å². The minimum atomic E-state index is -0.305. The first-order valence-corrected chi connectivity index (χ1v) is 21.4. The predicted octanol–water partition coefficient (Wildman–Crippen LogP) is 5.10. The zero-order valence-corrected chi connectivity index (χ0v) is 34.8. The van der Waals surface area contributed by atoms with Crippen LogP contribution in [0, 0.1) is 12.8 Å². The van der Waals surface area contributed by atoms with Crippen LogP contribution < -0.4 is 35.9 Å². The van der Waals surface area contributed by atoms with E-state index in [0.717, 1.165) is 107 Å². The number of hydrogen-bond donors (Lipinski definition) is 4. The molecule has 1 aromatic heterocycles. The van der Waals surface area contributed by atoms with Crippen LogP contribution in [-0.4, -0.2) is 109 Å². The Morgan fingerprint density at radius 1 is 0.932 bits per heavy atom. The number of benzene rings is 2. The van der Waals surface area contributed by atoms with Crippen molar-refractivity contribution in [1.82, 2.24) is 30.6 Å². The molecule has 0 radical (unpaired) electrons. The monoisotopic (exact) mass is 806 g/mol. The van der Waals surface area contributed by atoms with E-state index in [1.54, 1.807) is 37.4 Å². The van der Waals surface area contributed by atoms with E-state index in [9.17, 15) is 19.2 Å². The van der Waals surface area contributed by atoms with Gasteiger partial charge in [-0.3, -0.25) is 29.9 Å². The quantitative estimate of drug-likeness (QED) is 0.190. The maximum atomic E-state index is 13.4. The van der Waals surface area contributed by atoms with Gasteiger partial charge in [0.1, 0.15) is 17.5 Å². The highest BCUT2D eigenvalue weighted by Gasteiger charge is 2.40. The molecule has 15 nitrogen and oxygen atoms in total. The molecular weight excluding hydrogens is 749 g/mol. The summed E-state index contributed by atoms with van der Waals surface area (Å²) in [6.07, 6.45) is 11.3. The molecule has 5 aliphatic rings. The first kappa shape index (κ1) is 40.5. The van der Waals surface area contributed by atoms with Gasteiger partial charge in [0, 0.05) is 56.4 Å². The van der Waals surface area contributed by atoms with Crippen molar-refractivity contribution in [3.63, 3.8) is 0 Å². The molecule has 4 fully saturated rings. The summed E-state index contributed by atoms with van der Waals surface area (Å²) in [4.78, 5) is 66.4. The van der Waals surface area contributed by atoms with Gasteiger partial charge in [0.25, 0.3) is 5.91 Å². The number of imide groups is 1. The molecule has 0 bridgehead atoms. The van der Waals surface area contributed by atoms with E-state index < -0.39 is 0 Å². The third kappa shape index (κ3) is 8.72. The van der Waals surface area contributed by atoms with E-state index in [-0.39, 0.29) is 41.6 Å². The number of methoxy groups -OCH3 is 1. The average molecular weight is 807 g/mol. The number of fused-ring (bicyclic) bond motifs is 1. The van der Waals surface area contributed by atoms with Gasteiger partial charge >= 0.3 is 0 Å². The molecule has 8 rings (SSSR count). The fourth-order valence-corrected chi connectivity index (χ4v) is 9.78. The maximum absolute atomic E-state index is 13.4. The number of nitrogens with zero attached hydrogens (tertiary/aromatic N) is 6. The second-order valence-electron chi connectivity index (χ2n) is 17.0. The Morgan fingerprint density at radius 2 is 1.69 bits per heavy atom. The number of amides is 4. The Labute approximate surface area is 346 Å². The summed E-state index contributed by atoms with van der Waals surface area (Å²) in [5.41, 5.74) is 8.09. The molecule has 59 heavy (non-hydrogen) atoms. The van der Waals surface area contributed by atoms with Crippen LogP contribution in [0.15, 0.2) is 42.6 Å². The Morgan fingerprint density at radius 3 is 2.41 bits per heavy atom. The van der Waals surface area contributed by atoms with Gasteiger partial charge in [0.15, 0.2) is 5.82 Å². The second-order valence-corrected chi connectivity index (χ2v) is 17.0. The van der Waals surface area contributed by atoms with Gasteiger partial charge in [0.05, 0.1) is 24.9 Å². The first-order chi connectivity index (χ1) is 28.6. The number of carbonyl (C=O) groups is 4. The van der Waals surface area contributed by atoms with Crippen molar-refractivity contribution in [3.8, 4) is 5.75 Å². The molecule has 3 saturated heterocycles. The lowest BCUT2D eigenvalue weighted by molar-refractivity contribution is -0.134. The second kappa shape index (κ2) is 17.5. The third-order valence-electron chi connectivity index (χ3n) is 13.3. The lowest BCUT2D eigenvalue weighted by Gasteiger charge is -2.42. The Kier molecular flexibility index (Phi) is 12.0. The van der Waals surface area contributed by atoms with Gasteiger partial charge in [-0.15, -0.1) is 0 Å². The van der Waals surface area contributed by atoms with E-state index in [0.29, 0.717) is 53.4 Å². The number of carbonyl (C=O) groups excluding carboxylic acids is 4. The first-order valence-electron chi connectivity index (χ1n) is 21.4. The molecule has 5 heterocycles. The van der Waals surface area contributed by atoms with Gasteiger partial charge in [-0.1, -0.05) is 18.9 Å².